The lowest BCUT2D eigenvalue weighted by Crippen LogP contribution is -2.42. The van der Waals surface area contributed by atoms with Crippen molar-refractivity contribution >= 4 is 33.4 Å². The minimum atomic E-state index is -4.63. The largest absolute Gasteiger partial charge is 0.480 e. The van der Waals surface area contributed by atoms with Gasteiger partial charge in [0, 0.05) is 6.42 Å². The third kappa shape index (κ3) is 4.14. The number of carbonyl (C=O) groups is 2. The minimum absolute atomic E-state index is 0.199. The Bertz CT molecular complexity index is 1280. The Morgan fingerprint density at radius 2 is 1.38 bits per heavy atom. The maximum Gasteiger partial charge on any atom is 0.416 e. The number of carboxylic acids is 1. The fraction of sp³-hybridized carbons (Fsp3) is 0.120. The van der Waals surface area contributed by atoms with E-state index in [2.05, 4.69) is 5.32 Å². The predicted molar refractivity (Wildman–Crippen MR) is 115 cm³/mol. The van der Waals surface area contributed by atoms with Crippen LogP contribution >= 0.6 is 0 Å². The molecule has 1 atom stereocenters. The van der Waals surface area contributed by atoms with Crippen LogP contribution in [0.1, 0.15) is 21.5 Å². The molecule has 2 N–H and O–H groups in total. The molecule has 0 saturated carbocycles. The van der Waals surface area contributed by atoms with Crippen LogP contribution in [0.4, 0.5) is 13.2 Å². The van der Waals surface area contributed by atoms with Crippen molar-refractivity contribution in [1.29, 1.82) is 0 Å². The van der Waals surface area contributed by atoms with Gasteiger partial charge in [0.05, 0.1) is 11.1 Å². The summed E-state index contributed by atoms with van der Waals surface area (Å²) in [5, 5.41) is 14.9. The van der Waals surface area contributed by atoms with Crippen LogP contribution in [-0.2, 0) is 17.4 Å². The molecular formula is C25H18F3NO3. The molecular weight excluding hydrogens is 419 g/mol. The van der Waals surface area contributed by atoms with Gasteiger partial charge in [-0.15, -0.1) is 0 Å². The summed E-state index contributed by atoms with van der Waals surface area (Å²) < 4.78 is 40.0. The molecule has 0 aliphatic heterocycles. The summed E-state index contributed by atoms with van der Waals surface area (Å²) in [5.41, 5.74) is -0.833. The fourth-order valence-corrected chi connectivity index (χ4v) is 3.88. The van der Waals surface area contributed by atoms with Gasteiger partial charge in [0.25, 0.3) is 5.91 Å². The van der Waals surface area contributed by atoms with Crippen LogP contribution < -0.4 is 5.32 Å². The molecule has 0 aromatic heterocycles. The number of benzene rings is 4. The number of hydrogen-bond acceptors (Lipinski definition) is 2. The Morgan fingerprint density at radius 1 is 0.844 bits per heavy atom. The standard InChI is InChI=1S/C25H18F3NO3/c26-25(27,28)20-12-6-3-9-17(20)14-21(24(31)32)29-23(30)22-18-10-4-1-7-15(18)13-16-8-2-5-11-19(16)22/h1-13,21H,14H2,(H,29,30)(H,31,32)/t21-/m0/s1. The molecule has 4 rings (SSSR count). The van der Waals surface area contributed by atoms with E-state index in [-0.39, 0.29) is 11.1 Å². The van der Waals surface area contributed by atoms with Gasteiger partial charge in [-0.05, 0) is 39.2 Å². The quantitative estimate of drug-likeness (QED) is 0.409. The summed E-state index contributed by atoms with van der Waals surface area (Å²) in [7, 11) is 0. The third-order valence-corrected chi connectivity index (χ3v) is 5.35. The van der Waals surface area contributed by atoms with Crippen molar-refractivity contribution in [2.75, 3.05) is 0 Å². The molecule has 0 fully saturated rings. The second-order valence-electron chi connectivity index (χ2n) is 7.42. The first kappa shape index (κ1) is 21.4. The lowest BCUT2D eigenvalue weighted by molar-refractivity contribution is -0.141. The number of rotatable bonds is 5. The molecule has 7 heteroatoms. The number of carbonyl (C=O) groups excluding carboxylic acids is 1. The highest BCUT2D eigenvalue weighted by Crippen LogP contribution is 2.33. The molecule has 0 heterocycles. The molecule has 162 valence electrons. The summed E-state index contributed by atoms with van der Waals surface area (Å²) in [4.78, 5) is 25.1. The number of alkyl halides is 3. The number of hydrogen-bond donors (Lipinski definition) is 2. The molecule has 4 nitrogen and oxygen atoms in total. The monoisotopic (exact) mass is 437 g/mol. The van der Waals surface area contributed by atoms with Gasteiger partial charge in [0.15, 0.2) is 0 Å². The van der Waals surface area contributed by atoms with Gasteiger partial charge < -0.3 is 10.4 Å². The van der Waals surface area contributed by atoms with Crippen LogP contribution in [0.5, 0.6) is 0 Å². The van der Waals surface area contributed by atoms with Gasteiger partial charge in [-0.2, -0.15) is 13.2 Å². The Labute approximate surface area is 181 Å². The third-order valence-electron chi connectivity index (χ3n) is 5.35. The molecule has 1 amide bonds. The maximum absolute atomic E-state index is 13.3. The Hall–Kier alpha value is -3.87. The van der Waals surface area contributed by atoms with Gasteiger partial charge in [0.1, 0.15) is 6.04 Å². The van der Waals surface area contributed by atoms with Crippen molar-refractivity contribution in [3.8, 4) is 0 Å². The average molecular weight is 437 g/mol. The van der Waals surface area contributed by atoms with E-state index < -0.39 is 36.1 Å². The van der Waals surface area contributed by atoms with E-state index in [0.29, 0.717) is 10.8 Å². The second-order valence-corrected chi connectivity index (χ2v) is 7.42. The van der Waals surface area contributed by atoms with Crippen LogP contribution in [0, 0.1) is 0 Å². The zero-order valence-electron chi connectivity index (χ0n) is 16.7. The molecule has 0 aliphatic rings. The molecule has 0 unspecified atom stereocenters. The molecule has 0 spiro atoms. The Morgan fingerprint density at radius 3 is 1.94 bits per heavy atom. The highest BCUT2D eigenvalue weighted by Gasteiger charge is 2.34. The Balaban J connectivity index is 1.74. The van der Waals surface area contributed by atoms with Crippen molar-refractivity contribution in [3.63, 3.8) is 0 Å². The van der Waals surface area contributed by atoms with Crippen molar-refractivity contribution in [2.45, 2.75) is 18.6 Å². The van der Waals surface area contributed by atoms with Crippen molar-refractivity contribution in [1.82, 2.24) is 5.32 Å². The number of halogens is 3. The van der Waals surface area contributed by atoms with Crippen LogP contribution in [0.15, 0.2) is 78.9 Å². The van der Waals surface area contributed by atoms with Crippen LogP contribution in [0.3, 0.4) is 0 Å². The van der Waals surface area contributed by atoms with Crippen LogP contribution in [-0.4, -0.2) is 23.0 Å². The van der Waals surface area contributed by atoms with Gasteiger partial charge in [0.2, 0.25) is 0 Å². The van der Waals surface area contributed by atoms with E-state index in [0.717, 1.165) is 16.8 Å². The van der Waals surface area contributed by atoms with E-state index >= 15 is 0 Å². The van der Waals surface area contributed by atoms with E-state index in [1.807, 2.05) is 30.3 Å². The number of amides is 1. The first-order chi connectivity index (χ1) is 15.3. The van der Waals surface area contributed by atoms with Gasteiger partial charge >= 0.3 is 12.1 Å². The van der Waals surface area contributed by atoms with Crippen molar-refractivity contribution < 1.29 is 27.9 Å². The summed E-state index contributed by atoms with van der Waals surface area (Å²) in [5.74, 6) is -2.07. The summed E-state index contributed by atoms with van der Waals surface area (Å²) >= 11 is 0. The predicted octanol–water partition coefficient (Wildman–Crippen LogP) is 5.44. The summed E-state index contributed by atoms with van der Waals surface area (Å²) in [6, 6.07) is 19.5. The van der Waals surface area contributed by atoms with E-state index in [1.165, 1.54) is 18.2 Å². The highest BCUT2D eigenvalue weighted by molar-refractivity contribution is 6.18. The van der Waals surface area contributed by atoms with E-state index in [4.69, 9.17) is 0 Å². The van der Waals surface area contributed by atoms with E-state index in [9.17, 15) is 27.9 Å². The van der Waals surface area contributed by atoms with Gasteiger partial charge in [-0.25, -0.2) is 4.79 Å². The lowest BCUT2D eigenvalue weighted by Gasteiger charge is -2.19. The van der Waals surface area contributed by atoms with Crippen LogP contribution in [0.2, 0.25) is 0 Å². The second kappa shape index (κ2) is 8.34. The number of aliphatic carboxylic acids is 1. The molecule has 0 radical (unpaired) electrons. The molecule has 0 aliphatic carbocycles. The van der Waals surface area contributed by atoms with Gasteiger partial charge in [-0.1, -0.05) is 66.7 Å². The fourth-order valence-electron chi connectivity index (χ4n) is 3.88. The smallest absolute Gasteiger partial charge is 0.416 e. The van der Waals surface area contributed by atoms with Crippen molar-refractivity contribution in [3.05, 3.63) is 95.6 Å². The normalized spacial score (nSPS) is 12.6. The molecule has 4 aromatic carbocycles. The molecule has 32 heavy (non-hydrogen) atoms. The molecule has 4 aromatic rings. The molecule has 0 saturated heterocycles. The number of nitrogens with one attached hydrogen (secondary N) is 1. The lowest BCUT2D eigenvalue weighted by atomic mass is 9.95. The Kier molecular flexibility index (Phi) is 5.57. The SMILES string of the molecule is O=C(N[C@@H](Cc1ccccc1C(F)(F)F)C(=O)O)c1c2ccccc2cc2ccccc12. The average Bonchev–Trinajstić information content (AvgIpc) is 2.76. The number of carboxylic acid groups (broad SMARTS) is 1. The van der Waals surface area contributed by atoms with Crippen molar-refractivity contribution in [2.24, 2.45) is 0 Å². The first-order valence-electron chi connectivity index (χ1n) is 9.85. The minimum Gasteiger partial charge on any atom is -0.480 e. The van der Waals surface area contributed by atoms with E-state index in [1.54, 1.807) is 24.3 Å². The summed E-state index contributed by atoms with van der Waals surface area (Å²) in [6.07, 6.45) is -5.13. The summed E-state index contributed by atoms with van der Waals surface area (Å²) in [6.45, 7) is 0. The molecule has 0 bridgehead atoms. The highest BCUT2D eigenvalue weighted by atomic mass is 19.4. The van der Waals surface area contributed by atoms with Gasteiger partial charge in [-0.3, -0.25) is 4.79 Å². The first-order valence-corrected chi connectivity index (χ1v) is 9.85. The topological polar surface area (TPSA) is 66.4 Å². The zero-order valence-corrected chi connectivity index (χ0v) is 16.7. The number of fused-ring (bicyclic) bond motifs is 2. The zero-order chi connectivity index (χ0) is 22.9. The van der Waals surface area contributed by atoms with Crippen LogP contribution in [0.25, 0.3) is 21.5 Å². The maximum atomic E-state index is 13.3.